The third-order valence-electron chi connectivity index (χ3n) is 3.45. The third-order valence-corrected chi connectivity index (χ3v) is 3.45. The lowest BCUT2D eigenvalue weighted by molar-refractivity contribution is -0.134. The predicted octanol–water partition coefficient (Wildman–Crippen LogP) is 0.775. The molecular formula is C15H21N3O3. The number of carbonyl (C=O) groups is 2. The molecule has 0 aliphatic carbocycles. The van der Waals surface area contributed by atoms with Crippen LogP contribution in [0.1, 0.15) is 19.3 Å². The Morgan fingerprint density at radius 1 is 1.52 bits per heavy atom. The van der Waals surface area contributed by atoms with Crippen molar-refractivity contribution in [3.05, 3.63) is 24.3 Å². The van der Waals surface area contributed by atoms with Gasteiger partial charge in [-0.1, -0.05) is 6.07 Å². The summed E-state index contributed by atoms with van der Waals surface area (Å²) >= 11 is 0. The van der Waals surface area contributed by atoms with E-state index in [4.69, 9.17) is 10.5 Å². The Kier molecular flexibility index (Phi) is 5.03. The number of likely N-dealkylation sites (N-methyl/N-ethyl adjacent to an activating group) is 1. The summed E-state index contributed by atoms with van der Waals surface area (Å²) in [5.74, 6) is 0.725. The van der Waals surface area contributed by atoms with E-state index >= 15 is 0 Å². The van der Waals surface area contributed by atoms with Crippen LogP contribution in [0.25, 0.3) is 0 Å². The number of likely N-dealkylation sites (tertiary alicyclic amines) is 1. The van der Waals surface area contributed by atoms with Crippen LogP contribution in [0, 0.1) is 0 Å². The van der Waals surface area contributed by atoms with Crippen LogP contribution in [-0.2, 0) is 9.59 Å². The normalized spacial score (nSPS) is 18.4. The van der Waals surface area contributed by atoms with E-state index in [-0.39, 0.29) is 24.3 Å². The molecule has 0 spiro atoms. The summed E-state index contributed by atoms with van der Waals surface area (Å²) in [6, 6.07) is 7.14. The molecule has 1 aromatic rings. The van der Waals surface area contributed by atoms with Crippen LogP contribution in [0.15, 0.2) is 24.3 Å². The minimum atomic E-state index is -0.0633. The van der Waals surface area contributed by atoms with E-state index in [1.807, 2.05) is 0 Å². The lowest BCUT2D eigenvalue weighted by Gasteiger charge is -2.30. The van der Waals surface area contributed by atoms with Gasteiger partial charge in [-0.15, -0.1) is 0 Å². The maximum atomic E-state index is 11.8. The average molecular weight is 291 g/mol. The molecule has 2 rings (SSSR count). The van der Waals surface area contributed by atoms with E-state index in [1.54, 1.807) is 36.2 Å². The van der Waals surface area contributed by atoms with E-state index in [0.717, 1.165) is 0 Å². The molecule has 1 atom stereocenters. The van der Waals surface area contributed by atoms with Gasteiger partial charge in [-0.3, -0.25) is 9.59 Å². The Morgan fingerprint density at radius 3 is 3.05 bits per heavy atom. The fraction of sp³-hybridized carbons (Fsp3) is 0.467. The minimum absolute atomic E-state index is 0.0348. The first-order valence-corrected chi connectivity index (χ1v) is 7.06. The molecule has 1 fully saturated rings. The second-order valence-corrected chi connectivity index (χ2v) is 5.25. The lowest BCUT2D eigenvalue weighted by Crippen LogP contribution is -2.48. The zero-order valence-corrected chi connectivity index (χ0v) is 12.2. The molecule has 6 nitrogen and oxygen atoms in total. The predicted molar refractivity (Wildman–Crippen MR) is 79.8 cm³/mol. The minimum Gasteiger partial charge on any atom is -0.493 e. The highest BCUT2D eigenvalue weighted by Crippen LogP contribution is 2.14. The van der Waals surface area contributed by atoms with Crippen molar-refractivity contribution in [2.24, 2.45) is 0 Å². The first-order valence-electron chi connectivity index (χ1n) is 7.06. The zero-order valence-electron chi connectivity index (χ0n) is 12.2. The lowest BCUT2D eigenvalue weighted by atomic mass is 10.1. The van der Waals surface area contributed by atoms with Crippen molar-refractivity contribution >= 4 is 17.5 Å². The standard InChI is InChI=1S/C15H21N3O3/c1-18-10-12(5-6-15(18)20)17-14(19)7-8-21-13-4-2-3-11(16)9-13/h2-4,9,12H,5-8,10,16H2,1H3,(H,17,19). The van der Waals surface area contributed by atoms with Gasteiger partial charge in [-0.2, -0.15) is 0 Å². The molecule has 0 saturated carbocycles. The van der Waals surface area contributed by atoms with Gasteiger partial charge in [0, 0.05) is 37.8 Å². The number of rotatable bonds is 5. The summed E-state index contributed by atoms with van der Waals surface area (Å²) in [5, 5.41) is 2.93. The topological polar surface area (TPSA) is 84.7 Å². The third kappa shape index (κ3) is 4.66. The quantitative estimate of drug-likeness (QED) is 0.785. The number of anilines is 1. The number of ether oxygens (including phenoxy) is 1. The number of nitrogens with two attached hydrogens (primary N) is 1. The van der Waals surface area contributed by atoms with Crippen LogP contribution in [0.3, 0.4) is 0 Å². The van der Waals surface area contributed by atoms with Crippen molar-refractivity contribution in [1.29, 1.82) is 0 Å². The Labute approximate surface area is 124 Å². The zero-order chi connectivity index (χ0) is 15.2. The first kappa shape index (κ1) is 15.2. The van der Waals surface area contributed by atoms with Crippen LogP contribution < -0.4 is 15.8 Å². The molecule has 2 amide bonds. The molecule has 1 aromatic carbocycles. The summed E-state index contributed by atoms with van der Waals surface area (Å²) in [7, 11) is 1.75. The molecule has 1 saturated heterocycles. The van der Waals surface area contributed by atoms with Gasteiger partial charge in [0.15, 0.2) is 0 Å². The van der Waals surface area contributed by atoms with Gasteiger partial charge in [-0.05, 0) is 18.6 Å². The molecule has 1 unspecified atom stereocenters. The fourth-order valence-corrected chi connectivity index (χ4v) is 2.30. The molecule has 1 aliphatic heterocycles. The number of nitrogen functional groups attached to an aromatic ring is 1. The monoisotopic (exact) mass is 291 g/mol. The van der Waals surface area contributed by atoms with E-state index in [0.29, 0.717) is 37.4 Å². The Balaban J connectivity index is 1.69. The Morgan fingerprint density at radius 2 is 2.33 bits per heavy atom. The highest BCUT2D eigenvalue weighted by Gasteiger charge is 2.23. The summed E-state index contributed by atoms with van der Waals surface area (Å²) in [5.41, 5.74) is 6.28. The van der Waals surface area contributed by atoms with E-state index in [2.05, 4.69) is 5.32 Å². The summed E-state index contributed by atoms with van der Waals surface area (Å²) in [4.78, 5) is 24.9. The van der Waals surface area contributed by atoms with E-state index in [9.17, 15) is 9.59 Å². The molecule has 3 N–H and O–H groups in total. The number of amides is 2. The molecule has 21 heavy (non-hydrogen) atoms. The number of carbonyl (C=O) groups excluding carboxylic acids is 2. The number of benzene rings is 1. The van der Waals surface area contributed by atoms with Crippen molar-refractivity contribution in [2.45, 2.75) is 25.3 Å². The van der Waals surface area contributed by atoms with Gasteiger partial charge in [0.05, 0.1) is 13.0 Å². The van der Waals surface area contributed by atoms with Crippen LogP contribution in [0.4, 0.5) is 5.69 Å². The first-order chi connectivity index (χ1) is 10.0. The highest BCUT2D eigenvalue weighted by atomic mass is 16.5. The molecule has 1 aliphatic rings. The number of hydrogen-bond acceptors (Lipinski definition) is 4. The smallest absolute Gasteiger partial charge is 0.223 e. The number of piperidine rings is 1. The second kappa shape index (κ2) is 6.97. The number of nitrogens with one attached hydrogen (secondary N) is 1. The van der Waals surface area contributed by atoms with Crippen molar-refractivity contribution < 1.29 is 14.3 Å². The molecule has 0 bridgehead atoms. The molecule has 0 radical (unpaired) electrons. The summed E-state index contributed by atoms with van der Waals surface area (Å²) in [6.45, 7) is 0.872. The molecule has 0 aromatic heterocycles. The maximum absolute atomic E-state index is 11.8. The maximum Gasteiger partial charge on any atom is 0.223 e. The number of nitrogens with zero attached hydrogens (tertiary/aromatic N) is 1. The van der Waals surface area contributed by atoms with Gasteiger partial charge in [0.2, 0.25) is 11.8 Å². The van der Waals surface area contributed by atoms with E-state index in [1.165, 1.54) is 0 Å². The van der Waals surface area contributed by atoms with Gasteiger partial charge >= 0.3 is 0 Å². The second-order valence-electron chi connectivity index (χ2n) is 5.25. The molecule has 114 valence electrons. The van der Waals surface area contributed by atoms with Gasteiger partial charge in [0.1, 0.15) is 5.75 Å². The molecule has 6 heteroatoms. The summed E-state index contributed by atoms with van der Waals surface area (Å²) < 4.78 is 5.48. The fourth-order valence-electron chi connectivity index (χ4n) is 2.30. The number of hydrogen-bond donors (Lipinski definition) is 2. The van der Waals surface area contributed by atoms with Crippen molar-refractivity contribution in [2.75, 3.05) is 25.9 Å². The van der Waals surface area contributed by atoms with Crippen LogP contribution >= 0.6 is 0 Å². The molecular weight excluding hydrogens is 270 g/mol. The average Bonchev–Trinajstić information content (AvgIpc) is 2.43. The summed E-state index contributed by atoms with van der Waals surface area (Å²) in [6.07, 6.45) is 1.47. The van der Waals surface area contributed by atoms with Crippen LogP contribution in [0.2, 0.25) is 0 Å². The van der Waals surface area contributed by atoms with Gasteiger partial charge in [0.25, 0.3) is 0 Å². The van der Waals surface area contributed by atoms with Crippen LogP contribution in [0.5, 0.6) is 5.75 Å². The van der Waals surface area contributed by atoms with Gasteiger partial charge < -0.3 is 20.7 Å². The Bertz CT molecular complexity index is 519. The highest BCUT2D eigenvalue weighted by molar-refractivity contribution is 5.79. The van der Waals surface area contributed by atoms with Crippen molar-refractivity contribution in [1.82, 2.24) is 10.2 Å². The van der Waals surface area contributed by atoms with Gasteiger partial charge in [-0.25, -0.2) is 0 Å². The molecule has 1 heterocycles. The van der Waals surface area contributed by atoms with Crippen molar-refractivity contribution in [3.8, 4) is 5.75 Å². The van der Waals surface area contributed by atoms with Crippen molar-refractivity contribution in [3.63, 3.8) is 0 Å². The Hall–Kier alpha value is -2.24. The van der Waals surface area contributed by atoms with E-state index < -0.39 is 0 Å². The largest absolute Gasteiger partial charge is 0.493 e. The SMILES string of the molecule is CN1CC(NC(=O)CCOc2cccc(N)c2)CCC1=O. The van der Waals surface area contributed by atoms with Crippen LogP contribution in [-0.4, -0.2) is 43.0 Å².